The maximum atomic E-state index is 12.1. The van der Waals surface area contributed by atoms with Crippen LogP contribution in [0.2, 0.25) is 0 Å². The summed E-state index contributed by atoms with van der Waals surface area (Å²) in [6, 6.07) is 1.68. The van der Waals surface area contributed by atoms with Gasteiger partial charge in [0.05, 0.1) is 16.9 Å². The molecule has 0 aromatic carbocycles. The number of aromatic nitrogens is 6. The summed E-state index contributed by atoms with van der Waals surface area (Å²) in [7, 11) is 0. The predicted octanol–water partition coefficient (Wildman–Crippen LogP) is 1.49. The topological polar surface area (TPSA) is 82.6 Å². The van der Waals surface area contributed by atoms with Crippen molar-refractivity contribution in [1.82, 2.24) is 34.7 Å². The van der Waals surface area contributed by atoms with Crippen molar-refractivity contribution in [2.45, 2.75) is 26.7 Å². The largest absolute Gasteiger partial charge is 0.346 e. The SMILES string of the molecule is CCn1cc(CNC(=O)c2ccn(Cn3cc(Br)cn3)n2)cn1. The van der Waals surface area contributed by atoms with E-state index in [0.29, 0.717) is 18.9 Å². The average molecular weight is 378 g/mol. The van der Waals surface area contributed by atoms with E-state index < -0.39 is 0 Å². The Morgan fingerprint density at radius 3 is 2.74 bits per heavy atom. The summed E-state index contributed by atoms with van der Waals surface area (Å²) >= 11 is 3.34. The molecule has 3 aromatic rings. The van der Waals surface area contributed by atoms with Gasteiger partial charge in [-0.15, -0.1) is 0 Å². The van der Waals surface area contributed by atoms with Crippen LogP contribution in [0.25, 0.3) is 0 Å². The van der Waals surface area contributed by atoms with E-state index in [4.69, 9.17) is 0 Å². The highest BCUT2D eigenvalue weighted by molar-refractivity contribution is 9.10. The van der Waals surface area contributed by atoms with Gasteiger partial charge in [0.25, 0.3) is 5.91 Å². The van der Waals surface area contributed by atoms with E-state index in [1.807, 2.05) is 24.0 Å². The number of amides is 1. The summed E-state index contributed by atoms with van der Waals surface area (Å²) in [5.41, 5.74) is 1.33. The standard InChI is InChI=1S/C14H16BrN7O/c1-2-20-8-11(6-17-20)5-16-14(23)13-3-4-21(19-13)10-22-9-12(15)7-18-22/h3-4,6-9H,2,5,10H2,1H3,(H,16,23). The van der Waals surface area contributed by atoms with E-state index in [0.717, 1.165) is 16.6 Å². The van der Waals surface area contributed by atoms with Gasteiger partial charge >= 0.3 is 0 Å². The van der Waals surface area contributed by atoms with Crippen LogP contribution in [0.15, 0.2) is 41.5 Å². The highest BCUT2D eigenvalue weighted by atomic mass is 79.9. The molecule has 1 amide bonds. The van der Waals surface area contributed by atoms with Crippen LogP contribution in [0.4, 0.5) is 0 Å². The minimum Gasteiger partial charge on any atom is -0.346 e. The van der Waals surface area contributed by atoms with Gasteiger partial charge in [0, 0.05) is 37.2 Å². The van der Waals surface area contributed by atoms with Crippen molar-refractivity contribution in [3.63, 3.8) is 0 Å². The molecule has 0 spiro atoms. The van der Waals surface area contributed by atoms with Crippen molar-refractivity contribution in [3.8, 4) is 0 Å². The summed E-state index contributed by atoms with van der Waals surface area (Å²) in [4.78, 5) is 12.1. The minimum absolute atomic E-state index is 0.213. The van der Waals surface area contributed by atoms with E-state index in [9.17, 15) is 4.79 Å². The van der Waals surface area contributed by atoms with E-state index in [-0.39, 0.29) is 5.91 Å². The number of hydrogen-bond acceptors (Lipinski definition) is 4. The molecule has 8 nitrogen and oxygen atoms in total. The first-order chi connectivity index (χ1) is 11.1. The van der Waals surface area contributed by atoms with Crippen LogP contribution in [0.5, 0.6) is 0 Å². The number of halogens is 1. The number of nitrogens with one attached hydrogen (secondary N) is 1. The second kappa shape index (κ2) is 6.78. The number of nitrogens with zero attached hydrogens (tertiary/aromatic N) is 6. The molecule has 0 atom stereocenters. The van der Waals surface area contributed by atoms with Crippen molar-refractivity contribution >= 4 is 21.8 Å². The molecule has 3 aromatic heterocycles. The van der Waals surface area contributed by atoms with Gasteiger partial charge in [-0.2, -0.15) is 15.3 Å². The molecule has 3 heterocycles. The van der Waals surface area contributed by atoms with Crippen molar-refractivity contribution in [2.75, 3.05) is 0 Å². The lowest BCUT2D eigenvalue weighted by molar-refractivity contribution is 0.0945. The zero-order valence-corrected chi connectivity index (χ0v) is 14.1. The fourth-order valence-corrected chi connectivity index (χ4v) is 2.40. The van der Waals surface area contributed by atoms with Crippen LogP contribution in [0.3, 0.4) is 0 Å². The maximum Gasteiger partial charge on any atom is 0.272 e. The Morgan fingerprint density at radius 1 is 1.22 bits per heavy atom. The summed E-state index contributed by atoms with van der Waals surface area (Å²) in [6.07, 6.45) is 8.95. The fourth-order valence-electron chi connectivity index (χ4n) is 2.07. The molecule has 120 valence electrons. The maximum absolute atomic E-state index is 12.1. The van der Waals surface area contributed by atoms with Gasteiger partial charge in [0.1, 0.15) is 12.4 Å². The second-order valence-corrected chi connectivity index (χ2v) is 5.88. The van der Waals surface area contributed by atoms with Gasteiger partial charge in [-0.25, -0.2) is 4.68 Å². The first-order valence-electron chi connectivity index (χ1n) is 7.15. The highest BCUT2D eigenvalue weighted by Gasteiger charge is 2.10. The molecule has 9 heteroatoms. The van der Waals surface area contributed by atoms with E-state index in [2.05, 4.69) is 36.5 Å². The number of carbonyl (C=O) groups is 1. The van der Waals surface area contributed by atoms with E-state index in [1.165, 1.54) is 0 Å². The van der Waals surface area contributed by atoms with E-state index >= 15 is 0 Å². The first kappa shape index (κ1) is 15.5. The van der Waals surface area contributed by atoms with Gasteiger partial charge in [-0.05, 0) is 28.9 Å². The molecule has 0 fully saturated rings. The third kappa shape index (κ3) is 3.86. The molecule has 0 radical (unpaired) electrons. The fraction of sp³-hybridized carbons (Fsp3) is 0.286. The lowest BCUT2D eigenvalue weighted by Gasteiger charge is -2.02. The molecule has 23 heavy (non-hydrogen) atoms. The van der Waals surface area contributed by atoms with Gasteiger partial charge in [0.2, 0.25) is 0 Å². The zero-order chi connectivity index (χ0) is 16.2. The molecule has 0 aliphatic heterocycles. The van der Waals surface area contributed by atoms with Gasteiger partial charge in [-0.1, -0.05) is 0 Å². The zero-order valence-electron chi connectivity index (χ0n) is 12.6. The van der Waals surface area contributed by atoms with Crippen LogP contribution in [0.1, 0.15) is 23.0 Å². The molecule has 0 saturated carbocycles. The highest BCUT2D eigenvalue weighted by Crippen LogP contribution is 2.06. The lowest BCUT2D eigenvalue weighted by atomic mass is 10.3. The van der Waals surface area contributed by atoms with Crippen LogP contribution in [-0.2, 0) is 19.8 Å². The normalized spacial score (nSPS) is 10.9. The molecule has 0 saturated heterocycles. The minimum atomic E-state index is -0.213. The van der Waals surface area contributed by atoms with Crippen molar-refractivity contribution in [2.24, 2.45) is 0 Å². The van der Waals surface area contributed by atoms with Crippen LogP contribution < -0.4 is 5.32 Å². The molecule has 0 bridgehead atoms. The van der Waals surface area contributed by atoms with Crippen molar-refractivity contribution < 1.29 is 4.79 Å². The Morgan fingerprint density at radius 2 is 2.04 bits per heavy atom. The third-order valence-corrected chi connectivity index (χ3v) is 3.64. The van der Waals surface area contributed by atoms with Crippen molar-refractivity contribution in [3.05, 3.63) is 52.8 Å². The molecule has 0 aliphatic rings. The quantitative estimate of drug-likeness (QED) is 0.705. The van der Waals surface area contributed by atoms with Gasteiger partial charge < -0.3 is 5.32 Å². The number of carbonyl (C=O) groups excluding carboxylic acids is 1. The summed E-state index contributed by atoms with van der Waals surface area (Å²) in [6.45, 7) is 3.70. The third-order valence-electron chi connectivity index (χ3n) is 3.23. The lowest BCUT2D eigenvalue weighted by Crippen LogP contribution is -2.23. The predicted molar refractivity (Wildman–Crippen MR) is 86.6 cm³/mol. The van der Waals surface area contributed by atoms with Crippen LogP contribution in [-0.4, -0.2) is 35.2 Å². The smallest absolute Gasteiger partial charge is 0.272 e. The van der Waals surface area contributed by atoms with E-state index in [1.54, 1.807) is 34.0 Å². The summed E-state index contributed by atoms with van der Waals surface area (Å²) < 4.78 is 6.09. The second-order valence-electron chi connectivity index (χ2n) is 4.97. The Labute approximate surface area is 141 Å². The number of aryl methyl sites for hydroxylation is 1. The summed E-state index contributed by atoms with van der Waals surface area (Å²) in [5.74, 6) is -0.213. The van der Waals surface area contributed by atoms with Crippen LogP contribution in [0, 0.1) is 0 Å². The Kier molecular flexibility index (Phi) is 4.56. The van der Waals surface area contributed by atoms with Crippen molar-refractivity contribution in [1.29, 1.82) is 0 Å². The van der Waals surface area contributed by atoms with Crippen LogP contribution >= 0.6 is 15.9 Å². The summed E-state index contributed by atoms with van der Waals surface area (Å²) in [5, 5.41) is 15.4. The Bertz CT molecular complexity index is 804. The molecule has 0 unspecified atom stereocenters. The molecule has 1 N–H and O–H groups in total. The molecular formula is C14H16BrN7O. The molecule has 3 rings (SSSR count). The Hall–Kier alpha value is -2.42. The van der Waals surface area contributed by atoms with Gasteiger partial charge in [0.15, 0.2) is 0 Å². The Balaban J connectivity index is 1.57. The number of hydrogen-bond donors (Lipinski definition) is 1. The average Bonchev–Trinajstić information content (AvgIpc) is 3.26. The molecule has 0 aliphatic carbocycles. The first-order valence-corrected chi connectivity index (χ1v) is 7.94. The molecular weight excluding hydrogens is 362 g/mol. The van der Waals surface area contributed by atoms with Gasteiger partial charge in [-0.3, -0.25) is 14.2 Å². The number of rotatable bonds is 6. The monoisotopic (exact) mass is 377 g/mol.